The highest BCUT2D eigenvalue weighted by Crippen LogP contribution is 2.28. The van der Waals surface area contributed by atoms with Crippen molar-refractivity contribution in [1.29, 1.82) is 0 Å². The molecule has 84 valence electrons. The Bertz CT molecular complexity index is 569. The van der Waals surface area contributed by atoms with Crippen LogP contribution in [0.15, 0.2) is 12.1 Å². The molecule has 0 heterocycles. The molecule has 0 spiro atoms. The zero-order valence-electron chi connectivity index (χ0n) is 9.27. The predicted molar refractivity (Wildman–Crippen MR) is 43.7 cm³/mol. The molecule has 0 unspecified atom stereocenters. The third-order valence-corrected chi connectivity index (χ3v) is 1.93. The summed E-state index contributed by atoms with van der Waals surface area (Å²) >= 11 is 0. The average Bonchev–Trinajstić information content (AvgIpc) is 2.35. The van der Waals surface area contributed by atoms with E-state index in [4.69, 9.17) is 2.74 Å². The van der Waals surface area contributed by atoms with Gasteiger partial charge in [0.1, 0.15) is 0 Å². The monoisotopic (exact) mass is 238 g/mol. The van der Waals surface area contributed by atoms with Crippen molar-refractivity contribution in [2.45, 2.75) is 0 Å². The summed E-state index contributed by atoms with van der Waals surface area (Å²) in [4.78, 5) is 0. The summed E-state index contributed by atoms with van der Waals surface area (Å²) in [5, 5.41) is -2.62. The van der Waals surface area contributed by atoms with Gasteiger partial charge < -0.3 is 0 Å². The van der Waals surface area contributed by atoms with Crippen molar-refractivity contribution in [1.82, 2.24) is 0 Å². The Morgan fingerprint density at radius 2 is 1.06 bits per heavy atom. The lowest BCUT2D eigenvalue weighted by Gasteiger charge is -2.04. The highest BCUT2D eigenvalue weighted by molar-refractivity contribution is 5.84. The molecular formula is C10H2F6. The Hall–Kier alpha value is -1.72. The molecule has 0 atom stereocenters. The molecule has 16 heavy (non-hydrogen) atoms. The van der Waals surface area contributed by atoms with Crippen LogP contribution in [0.1, 0.15) is 2.74 Å². The van der Waals surface area contributed by atoms with Crippen molar-refractivity contribution >= 4 is 10.8 Å². The molecule has 0 aromatic heterocycles. The summed E-state index contributed by atoms with van der Waals surface area (Å²) in [7, 11) is 0. The van der Waals surface area contributed by atoms with Gasteiger partial charge in [-0.05, 0) is 17.5 Å². The molecule has 0 radical (unpaired) electrons. The van der Waals surface area contributed by atoms with Gasteiger partial charge >= 0.3 is 0 Å². The Morgan fingerprint density at radius 3 is 1.44 bits per heavy atom. The normalized spacial score (nSPS) is 12.9. The first-order valence-electron chi connectivity index (χ1n) is 4.88. The fourth-order valence-corrected chi connectivity index (χ4v) is 1.21. The maximum atomic E-state index is 13.3. The zero-order valence-corrected chi connectivity index (χ0v) is 7.27. The molecule has 0 amide bonds. The maximum Gasteiger partial charge on any atom is 0.195 e. The lowest BCUT2D eigenvalue weighted by molar-refractivity contribution is 0.436. The minimum Gasteiger partial charge on any atom is -0.204 e. The van der Waals surface area contributed by atoms with Crippen LogP contribution in [0.25, 0.3) is 10.8 Å². The van der Waals surface area contributed by atoms with Gasteiger partial charge in [-0.25, -0.2) is 26.3 Å². The van der Waals surface area contributed by atoms with E-state index in [1.165, 1.54) is 0 Å². The summed E-state index contributed by atoms with van der Waals surface area (Å²) in [5.74, 6) is -12.6. The molecule has 0 nitrogen and oxygen atoms in total. The van der Waals surface area contributed by atoms with E-state index in [2.05, 4.69) is 0 Å². The van der Waals surface area contributed by atoms with Gasteiger partial charge in [-0.15, -0.1) is 0 Å². The van der Waals surface area contributed by atoms with E-state index in [0.717, 1.165) is 0 Å². The number of hydrogen-bond donors (Lipinski definition) is 0. The standard InChI is InChI=1S/C10H2F6/c11-4-1-3-2-5(12)8(14)10(16)6(3)9(15)7(4)13/h1-2H/i1D,2D. The van der Waals surface area contributed by atoms with Gasteiger partial charge in [0.15, 0.2) is 34.9 Å². The molecule has 0 saturated carbocycles. The third-order valence-electron chi connectivity index (χ3n) is 1.93. The minimum absolute atomic E-state index is 1.16. The predicted octanol–water partition coefficient (Wildman–Crippen LogP) is 3.67. The molecule has 0 aliphatic carbocycles. The van der Waals surface area contributed by atoms with E-state index in [1.54, 1.807) is 0 Å². The number of rotatable bonds is 0. The first kappa shape index (κ1) is 8.43. The first-order chi connectivity index (χ1) is 8.29. The molecular weight excluding hydrogens is 234 g/mol. The summed E-state index contributed by atoms with van der Waals surface area (Å²) < 4.78 is 92.7. The van der Waals surface area contributed by atoms with E-state index in [0.29, 0.717) is 0 Å². The van der Waals surface area contributed by atoms with E-state index < -0.39 is 57.8 Å². The molecule has 2 aromatic carbocycles. The summed E-state index contributed by atoms with van der Waals surface area (Å²) in [5.41, 5.74) is 0. The highest BCUT2D eigenvalue weighted by Gasteiger charge is 2.21. The van der Waals surface area contributed by atoms with Crippen molar-refractivity contribution in [2.75, 3.05) is 0 Å². The van der Waals surface area contributed by atoms with Gasteiger partial charge in [-0.3, -0.25) is 0 Å². The number of hydrogen-bond acceptors (Lipinski definition) is 0. The molecule has 2 aromatic rings. The van der Waals surface area contributed by atoms with E-state index >= 15 is 0 Å². The zero-order chi connectivity index (χ0) is 13.8. The van der Waals surface area contributed by atoms with E-state index in [1.807, 2.05) is 0 Å². The molecule has 0 N–H and O–H groups in total. The van der Waals surface area contributed by atoms with Gasteiger partial charge in [-0.2, -0.15) is 0 Å². The summed E-state index contributed by atoms with van der Waals surface area (Å²) in [6, 6.07) is -2.82. The Kier molecular flexibility index (Phi) is 1.79. The Labute approximate surface area is 87.9 Å². The van der Waals surface area contributed by atoms with Crippen LogP contribution in [-0.4, -0.2) is 0 Å². The summed E-state index contributed by atoms with van der Waals surface area (Å²) in [6.07, 6.45) is 0. The van der Waals surface area contributed by atoms with Gasteiger partial charge in [-0.1, -0.05) is 0 Å². The van der Waals surface area contributed by atoms with Crippen LogP contribution in [0, 0.1) is 34.9 Å². The van der Waals surface area contributed by atoms with Crippen LogP contribution in [-0.2, 0) is 0 Å². The lowest BCUT2D eigenvalue weighted by Crippen LogP contribution is -1.99. The second kappa shape index (κ2) is 3.40. The van der Waals surface area contributed by atoms with Crippen LogP contribution < -0.4 is 0 Å². The van der Waals surface area contributed by atoms with Crippen molar-refractivity contribution in [3.63, 3.8) is 0 Å². The van der Waals surface area contributed by atoms with Crippen LogP contribution in [0.5, 0.6) is 0 Å². The average molecular weight is 238 g/mol. The Balaban J connectivity index is 3.22. The number of halogens is 6. The van der Waals surface area contributed by atoms with Gasteiger partial charge in [0, 0.05) is 0 Å². The fourth-order valence-electron chi connectivity index (χ4n) is 1.21. The molecule has 0 aliphatic heterocycles. The minimum atomic E-state index is -2.18. The van der Waals surface area contributed by atoms with Crippen molar-refractivity contribution in [3.05, 3.63) is 47.0 Å². The lowest BCUT2D eigenvalue weighted by atomic mass is 10.1. The molecule has 0 fully saturated rings. The molecule has 2 rings (SSSR count). The van der Waals surface area contributed by atoms with Crippen molar-refractivity contribution < 1.29 is 29.1 Å². The molecule has 0 bridgehead atoms. The number of fused-ring (bicyclic) bond motifs is 1. The first-order valence-corrected chi connectivity index (χ1v) is 3.88. The summed E-state index contributed by atoms with van der Waals surface area (Å²) in [6.45, 7) is 0. The van der Waals surface area contributed by atoms with Crippen LogP contribution in [0.3, 0.4) is 0 Å². The highest BCUT2D eigenvalue weighted by atomic mass is 19.2. The van der Waals surface area contributed by atoms with Gasteiger partial charge in [0.2, 0.25) is 0 Å². The molecule has 6 heteroatoms. The number of benzene rings is 2. The van der Waals surface area contributed by atoms with Crippen molar-refractivity contribution in [2.24, 2.45) is 0 Å². The SMILES string of the molecule is [2H]c1c(F)c(F)c(F)c2c(F)c(F)c(F)c([2H])c12. The topological polar surface area (TPSA) is 0 Å². The quantitative estimate of drug-likeness (QED) is 0.485. The van der Waals surface area contributed by atoms with E-state index in [-0.39, 0.29) is 0 Å². The molecule has 0 aliphatic rings. The van der Waals surface area contributed by atoms with Crippen LogP contribution in [0.4, 0.5) is 26.3 Å². The molecule has 0 saturated heterocycles. The van der Waals surface area contributed by atoms with E-state index in [9.17, 15) is 26.3 Å². The smallest absolute Gasteiger partial charge is 0.195 e. The Morgan fingerprint density at radius 1 is 0.688 bits per heavy atom. The second-order valence-electron chi connectivity index (χ2n) is 2.88. The second-order valence-corrected chi connectivity index (χ2v) is 2.88. The van der Waals surface area contributed by atoms with Gasteiger partial charge in [0.25, 0.3) is 0 Å². The van der Waals surface area contributed by atoms with Crippen molar-refractivity contribution in [3.8, 4) is 0 Å². The third kappa shape index (κ3) is 1.33. The fraction of sp³-hybridized carbons (Fsp3) is 0. The largest absolute Gasteiger partial charge is 0.204 e. The van der Waals surface area contributed by atoms with Crippen LogP contribution in [0.2, 0.25) is 0 Å². The van der Waals surface area contributed by atoms with Crippen LogP contribution >= 0.6 is 0 Å². The maximum absolute atomic E-state index is 13.3. The van der Waals surface area contributed by atoms with Gasteiger partial charge in [0.05, 0.1) is 8.13 Å².